The van der Waals surface area contributed by atoms with Gasteiger partial charge in [-0.1, -0.05) is 30.3 Å². The zero-order valence-corrected chi connectivity index (χ0v) is 13.4. The van der Waals surface area contributed by atoms with Crippen LogP contribution in [-0.4, -0.2) is 4.98 Å². The molecule has 0 radical (unpaired) electrons. The van der Waals surface area contributed by atoms with Crippen molar-refractivity contribution in [2.75, 3.05) is 0 Å². The summed E-state index contributed by atoms with van der Waals surface area (Å²) >= 11 is 0. The van der Waals surface area contributed by atoms with Crippen molar-refractivity contribution in [1.82, 2.24) is 4.98 Å². The van der Waals surface area contributed by atoms with Crippen LogP contribution in [0.2, 0.25) is 0 Å². The molecule has 0 amide bonds. The molecule has 0 fully saturated rings. The third-order valence-electron chi connectivity index (χ3n) is 4.39. The molecule has 1 aromatic heterocycles. The number of benzene rings is 2. The van der Waals surface area contributed by atoms with Crippen molar-refractivity contribution >= 4 is 10.8 Å². The summed E-state index contributed by atoms with van der Waals surface area (Å²) in [5, 5.41) is 2.56. The maximum absolute atomic E-state index is 4.71. The summed E-state index contributed by atoms with van der Waals surface area (Å²) in [5.74, 6) is 0. The summed E-state index contributed by atoms with van der Waals surface area (Å²) in [6.45, 7) is 8.47. The molecule has 2 aromatic carbocycles. The fourth-order valence-corrected chi connectivity index (χ4v) is 3.02. The van der Waals surface area contributed by atoms with Crippen LogP contribution in [0.5, 0.6) is 0 Å². The second kappa shape index (κ2) is 4.96. The maximum Gasteiger partial charge on any atom is 0.234 e. The SMILES string of the molecule is Cc1cc2ccccc2cc1-c1c(C)nc(C)c(C)[n+]1C. The van der Waals surface area contributed by atoms with Gasteiger partial charge in [0.25, 0.3) is 0 Å². The minimum absolute atomic E-state index is 1.08. The van der Waals surface area contributed by atoms with E-state index in [0.29, 0.717) is 0 Å². The van der Waals surface area contributed by atoms with Gasteiger partial charge in [0, 0.05) is 6.92 Å². The second-order valence-electron chi connectivity index (χ2n) is 5.79. The van der Waals surface area contributed by atoms with Crippen LogP contribution in [0.1, 0.15) is 22.6 Å². The third-order valence-corrected chi connectivity index (χ3v) is 4.39. The van der Waals surface area contributed by atoms with Crippen LogP contribution in [0.4, 0.5) is 0 Å². The van der Waals surface area contributed by atoms with E-state index in [4.69, 9.17) is 4.98 Å². The van der Waals surface area contributed by atoms with E-state index in [9.17, 15) is 0 Å². The zero-order chi connectivity index (χ0) is 15.1. The van der Waals surface area contributed by atoms with Gasteiger partial charge in [-0.05, 0) is 43.2 Å². The predicted octanol–water partition coefficient (Wildman–Crippen LogP) is 3.96. The molecule has 1 heterocycles. The Morgan fingerprint density at radius 1 is 0.857 bits per heavy atom. The lowest BCUT2D eigenvalue weighted by Crippen LogP contribution is -2.37. The van der Waals surface area contributed by atoms with Crippen LogP contribution in [0, 0.1) is 27.7 Å². The number of fused-ring (bicyclic) bond motifs is 1. The Morgan fingerprint density at radius 3 is 2.14 bits per heavy atom. The molecular formula is C19H21N2+. The molecule has 2 heteroatoms. The second-order valence-corrected chi connectivity index (χ2v) is 5.79. The van der Waals surface area contributed by atoms with Crippen LogP contribution >= 0.6 is 0 Å². The minimum Gasteiger partial charge on any atom is -0.245 e. The van der Waals surface area contributed by atoms with Crippen LogP contribution in [-0.2, 0) is 7.05 Å². The smallest absolute Gasteiger partial charge is 0.234 e. The highest BCUT2D eigenvalue weighted by molar-refractivity contribution is 5.88. The van der Waals surface area contributed by atoms with E-state index in [2.05, 4.69) is 75.7 Å². The van der Waals surface area contributed by atoms with Crippen molar-refractivity contribution in [2.24, 2.45) is 7.05 Å². The van der Waals surface area contributed by atoms with Gasteiger partial charge in [-0.2, -0.15) is 4.57 Å². The fourth-order valence-electron chi connectivity index (χ4n) is 3.02. The maximum atomic E-state index is 4.71. The number of hydrogen-bond acceptors (Lipinski definition) is 1. The number of nitrogens with zero attached hydrogens (tertiary/aromatic N) is 2. The summed E-state index contributed by atoms with van der Waals surface area (Å²) in [6.07, 6.45) is 0. The molecule has 21 heavy (non-hydrogen) atoms. The van der Waals surface area contributed by atoms with Crippen molar-refractivity contribution in [3.05, 3.63) is 59.0 Å². The summed E-state index contributed by atoms with van der Waals surface area (Å²) in [7, 11) is 2.13. The topological polar surface area (TPSA) is 16.8 Å². The normalized spacial score (nSPS) is 11.1. The van der Waals surface area contributed by atoms with E-state index in [0.717, 1.165) is 11.4 Å². The van der Waals surface area contributed by atoms with Crippen molar-refractivity contribution < 1.29 is 4.57 Å². The molecule has 3 rings (SSSR count). The number of rotatable bonds is 1. The van der Waals surface area contributed by atoms with Crippen molar-refractivity contribution in [3.63, 3.8) is 0 Å². The van der Waals surface area contributed by atoms with Gasteiger partial charge in [-0.15, -0.1) is 0 Å². The van der Waals surface area contributed by atoms with E-state index >= 15 is 0 Å². The molecule has 0 saturated carbocycles. The highest BCUT2D eigenvalue weighted by atomic mass is 15.0. The molecule has 0 N–H and O–H groups in total. The van der Waals surface area contributed by atoms with E-state index in [1.54, 1.807) is 0 Å². The van der Waals surface area contributed by atoms with Crippen LogP contribution in [0.15, 0.2) is 36.4 Å². The first kappa shape index (κ1) is 13.7. The lowest BCUT2D eigenvalue weighted by molar-refractivity contribution is -0.667. The lowest BCUT2D eigenvalue weighted by atomic mass is 9.98. The molecule has 0 aliphatic carbocycles. The summed E-state index contributed by atoms with van der Waals surface area (Å²) in [6, 6.07) is 13.1. The van der Waals surface area contributed by atoms with E-state index in [1.165, 1.54) is 33.3 Å². The monoisotopic (exact) mass is 277 g/mol. The Morgan fingerprint density at radius 2 is 1.48 bits per heavy atom. The highest BCUT2D eigenvalue weighted by Crippen LogP contribution is 2.28. The highest BCUT2D eigenvalue weighted by Gasteiger charge is 2.21. The van der Waals surface area contributed by atoms with E-state index in [1.807, 2.05) is 0 Å². The quantitative estimate of drug-likeness (QED) is 0.615. The Hall–Kier alpha value is -2.22. The molecule has 0 spiro atoms. The van der Waals surface area contributed by atoms with Crippen molar-refractivity contribution in [1.29, 1.82) is 0 Å². The zero-order valence-electron chi connectivity index (χ0n) is 13.4. The third kappa shape index (κ3) is 2.21. The lowest BCUT2D eigenvalue weighted by Gasteiger charge is -2.11. The minimum atomic E-state index is 1.08. The molecule has 3 aromatic rings. The Bertz CT molecular complexity index is 848. The molecule has 0 aliphatic heterocycles. The first-order valence-electron chi connectivity index (χ1n) is 7.32. The standard InChI is InChI=1S/C19H21N2/c1-12-10-16-8-6-7-9-17(16)11-18(12)19-14(3)20-13(2)15(4)21(19)5/h6-11H,1-5H3/q+1. The summed E-state index contributed by atoms with van der Waals surface area (Å²) < 4.78 is 2.26. The van der Waals surface area contributed by atoms with Gasteiger partial charge < -0.3 is 0 Å². The van der Waals surface area contributed by atoms with Gasteiger partial charge in [0.2, 0.25) is 5.69 Å². The van der Waals surface area contributed by atoms with Gasteiger partial charge >= 0.3 is 0 Å². The van der Waals surface area contributed by atoms with Crippen molar-refractivity contribution in [3.8, 4) is 11.3 Å². The fraction of sp³-hybridized carbons (Fsp3) is 0.263. The number of aromatic nitrogens is 2. The van der Waals surface area contributed by atoms with E-state index < -0.39 is 0 Å². The number of hydrogen-bond donors (Lipinski definition) is 0. The van der Waals surface area contributed by atoms with Crippen molar-refractivity contribution in [2.45, 2.75) is 27.7 Å². The Balaban J connectivity index is 2.35. The Labute approximate surface area is 126 Å². The van der Waals surface area contributed by atoms with Gasteiger partial charge in [0.1, 0.15) is 18.4 Å². The molecule has 0 atom stereocenters. The van der Waals surface area contributed by atoms with Crippen LogP contribution in [0.3, 0.4) is 0 Å². The van der Waals surface area contributed by atoms with Gasteiger partial charge in [0.15, 0.2) is 5.69 Å². The first-order chi connectivity index (χ1) is 9.99. The van der Waals surface area contributed by atoms with Gasteiger partial charge in [-0.3, -0.25) is 0 Å². The largest absolute Gasteiger partial charge is 0.245 e. The molecule has 0 bridgehead atoms. The molecule has 0 saturated heterocycles. The van der Waals surface area contributed by atoms with Gasteiger partial charge in [-0.25, -0.2) is 4.98 Å². The van der Waals surface area contributed by atoms with Crippen LogP contribution in [0.25, 0.3) is 22.0 Å². The van der Waals surface area contributed by atoms with E-state index in [-0.39, 0.29) is 0 Å². The molecule has 0 unspecified atom stereocenters. The molecular weight excluding hydrogens is 256 g/mol. The summed E-state index contributed by atoms with van der Waals surface area (Å²) in [5.41, 5.74) is 7.16. The molecule has 106 valence electrons. The predicted molar refractivity (Wildman–Crippen MR) is 87.3 cm³/mol. The van der Waals surface area contributed by atoms with Gasteiger partial charge in [0.05, 0.1) is 5.56 Å². The number of aryl methyl sites for hydroxylation is 3. The van der Waals surface area contributed by atoms with Crippen LogP contribution < -0.4 is 4.57 Å². The average molecular weight is 277 g/mol. The molecule has 0 aliphatic rings. The summed E-state index contributed by atoms with van der Waals surface area (Å²) in [4.78, 5) is 4.71. The average Bonchev–Trinajstić information content (AvgIpc) is 2.45. The first-order valence-corrected chi connectivity index (χ1v) is 7.32. The molecule has 2 nitrogen and oxygen atoms in total. The Kier molecular flexibility index (Phi) is 3.25.